The highest BCUT2D eigenvalue weighted by molar-refractivity contribution is 7.67. The van der Waals surface area contributed by atoms with Gasteiger partial charge in [-0.1, -0.05) is 24.3 Å². The first-order chi connectivity index (χ1) is 38.2. The number of nitrogens with zero attached hydrogens (tertiary/aromatic N) is 8. The number of esters is 2. The number of nitrogens with two attached hydrogens (primary N) is 2. The van der Waals surface area contributed by atoms with Crippen LogP contribution in [0.15, 0.2) is 73.8 Å². The molecule has 0 radical (unpaired) electrons. The Morgan fingerprint density at radius 2 is 0.951 bits per heavy atom. The van der Waals surface area contributed by atoms with Crippen molar-refractivity contribution in [1.82, 2.24) is 39.0 Å². The minimum Gasteiger partial charge on any atom is -0.453 e. The van der Waals surface area contributed by atoms with Gasteiger partial charge in [0.15, 0.2) is 47.6 Å². The first-order valence-corrected chi connectivity index (χ1v) is 31.3. The summed E-state index contributed by atoms with van der Waals surface area (Å²) in [6.07, 6.45) is -7.75. The van der Waals surface area contributed by atoms with E-state index in [9.17, 15) is 66.8 Å². The predicted octanol–water partition coefficient (Wildman–Crippen LogP) is 0.555. The fraction of sp³-hybridized carbons (Fsp3) is 0.333. The molecular weight excluding hydrogens is 1230 g/mol. The quantitative estimate of drug-likeness (QED) is 0.0326. The monoisotopic (exact) mass is 1280 g/mol. The number of phosphoric acid groups is 6. The Morgan fingerprint density at radius 3 is 1.39 bits per heavy atom. The van der Waals surface area contributed by atoms with Crippen LogP contribution < -0.4 is 22.1 Å². The van der Waals surface area contributed by atoms with Gasteiger partial charge in [-0.25, -0.2) is 66.9 Å². The van der Waals surface area contributed by atoms with Gasteiger partial charge >= 0.3 is 58.9 Å². The van der Waals surface area contributed by atoms with Crippen LogP contribution in [0.3, 0.4) is 0 Å². The number of para-hydroxylation sites is 2. The molecule has 4 unspecified atom stereocenters. The van der Waals surface area contributed by atoms with Crippen LogP contribution in [0.4, 0.5) is 23.0 Å². The van der Waals surface area contributed by atoms with Gasteiger partial charge in [0.2, 0.25) is 0 Å². The topological polar surface area (TPSA) is 594 Å². The van der Waals surface area contributed by atoms with E-state index >= 15 is 0 Å². The zero-order valence-corrected chi connectivity index (χ0v) is 46.6. The third kappa shape index (κ3) is 15.9. The molecule has 0 saturated carbocycles. The number of benzene rings is 2. The fourth-order valence-corrected chi connectivity index (χ4v) is 13.7. The molecule has 8 rings (SSSR count). The van der Waals surface area contributed by atoms with Crippen LogP contribution in [0, 0.1) is 0 Å². The molecule has 46 heteroatoms. The van der Waals surface area contributed by atoms with E-state index in [2.05, 4.69) is 66.8 Å². The van der Waals surface area contributed by atoms with Crippen molar-refractivity contribution in [3.05, 3.63) is 85.0 Å². The van der Waals surface area contributed by atoms with E-state index in [0.29, 0.717) is 11.4 Å². The van der Waals surface area contributed by atoms with Gasteiger partial charge in [0.05, 0.1) is 37.0 Å². The van der Waals surface area contributed by atoms with Crippen molar-refractivity contribution >= 4 is 104 Å². The van der Waals surface area contributed by atoms with Gasteiger partial charge in [-0.15, -0.1) is 0 Å². The van der Waals surface area contributed by atoms with E-state index in [1.54, 1.807) is 50.5 Å². The lowest BCUT2D eigenvalue weighted by Gasteiger charge is -2.22. The molecule has 2 saturated heterocycles. The Labute approximate surface area is 457 Å². The lowest BCUT2D eigenvalue weighted by Crippen LogP contribution is -2.38. The molecule has 40 nitrogen and oxygen atoms in total. The second-order valence-corrected chi connectivity index (χ2v) is 25.2. The van der Waals surface area contributed by atoms with Crippen molar-refractivity contribution in [2.24, 2.45) is 0 Å². The van der Waals surface area contributed by atoms with Crippen LogP contribution in [0.5, 0.6) is 0 Å². The van der Waals surface area contributed by atoms with Crippen LogP contribution in [-0.4, -0.2) is 164 Å². The number of aromatic nitrogens is 8. The van der Waals surface area contributed by atoms with Gasteiger partial charge in [0.25, 0.3) is 0 Å². The summed E-state index contributed by atoms with van der Waals surface area (Å²) in [5, 5.41) is 27.8. The Kier molecular flexibility index (Phi) is 19.7. The van der Waals surface area contributed by atoms with Crippen LogP contribution in [-0.2, 0) is 72.6 Å². The highest BCUT2D eigenvalue weighted by atomic mass is 31.3. The molecule has 16 N–H and O–H groups in total. The zero-order valence-electron chi connectivity index (χ0n) is 41.2. The number of aliphatic hydroxyl groups is 2. The molecule has 6 aromatic rings. The number of rotatable bonds is 22. The van der Waals surface area contributed by atoms with E-state index in [1.807, 2.05) is 0 Å². The summed E-state index contributed by atoms with van der Waals surface area (Å²) in [7, 11) is -30.8. The highest BCUT2D eigenvalue weighted by Gasteiger charge is 2.52. The van der Waals surface area contributed by atoms with Crippen molar-refractivity contribution < 1.29 is 132 Å². The number of nitrogens with one attached hydrogen (secondary N) is 2. The Bertz CT molecular complexity index is 3630. The highest BCUT2D eigenvalue weighted by Crippen LogP contribution is 2.67. The average molecular weight is 1280 g/mol. The van der Waals surface area contributed by atoms with Crippen molar-refractivity contribution in [2.45, 2.75) is 49.1 Å². The minimum absolute atomic E-state index is 0.00740. The molecule has 0 spiro atoms. The smallest absolute Gasteiger partial charge is 0.453 e. The number of ether oxygens (including phenoxy) is 4. The summed E-state index contributed by atoms with van der Waals surface area (Å²) >= 11 is 0. The standard InChI is InChI=1S/2C18H23N6O14P3/c1-20-10-5-3-2-4-9(10)18(26)36-14-11(6-34-40(30,31)38-41(32,33)37-39(27,28)29)35-17(13(14)25)24-8-23-12-15(19)21-7-22-16(12)24;1-20-10-5-3-2-4-9(10)18(26)36-14-13(25)11(6-34-40(30,31)38-41(32,33)37-39(27,28)29)35-17(14)24-8-23-12-15(19)21-7-22-16(12)24/h2*2-5,7-8,11,13-14,17,20,25H,6H2,1H3,(H,30,31)(H,32,33)(H2,19,21,22)(H2,27,28,29)/t2*11-,13-,14-,17-/m11/s1. The second kappa shape index (κ2) is 25.3. The fourth-order valence-electron chi connectivity index (χ4n) is 7.62. The molecule has 448 valence electrons. The number of carbonyl (C=O) groups excluding carboxylic acids is 2. The van der Waals surface area contributed by atoms with Crippen molar-refractivity contribution in [1.29, 1.82) is 0 Å². The third-order valence-corrected chi connectivity index (χ3v) is 18.5. The lowest BCUT2D eigenvalue weighted by molar-refractivity contribution is -0.0558. The van der Waals surface area contributed by atoms with Crippen molar-refractivity contribution in [2.75, 3.05) is 49.4 Å². The maximum atomic E-state index is 13.1. The number of aliphatic hydroxyl groups excluding tert-OH is 2. The number of imidazole rings is 2. The van der Waals surface area contributed by atoms with Gasteiger partial charge in [-0.05, 0) is 24.3 Å². The number of carbonyl (C=O) groups is 2. The summed E-state index contributed by atoms with van der Waals surface area (Å²) in [5.74, 6) is -1.81. The van der Waals surface area contributed by atoms with E-state index < -0.39 is 121 Å². The molecule has 2 aliphatic rings. The largest absolute Gasteiger partial charge is 0.490 e. The van der Waals surface area contributed by atoms with Crippen molar-refractivity contribution in [3.8, 4) is 0 Å². The first-order valence-electron chi connectivity index (χ1n) is 22.3. The normalized spacial score (nSPS) is 24.0. The van der Waals surface area contributed by atoms with Gasteiger partial charge < -0.3 is 90.4 Å². The summed E-state index contributed by atoms with van der Waals surface area (Å²) in [6.45, 7) is -2.04. The van der Waals surface area contributed by atoms with Crippen LogP contribution in [0.2, 0.25) is 0 Å². The molecule has 12 atom stereocenters. The molecule has 0 aliphatic carbocycles. The molecule has 2 aromatic carbocycles. The second-order valence-electron chi connectivity index (χ2n) is 16.4. The van der Waals surface area contributed by atoms with Crippen LogP contribution in [0.1, 0.15) is 33.2 Å². The maximum absolute atomic E-state index is 13.1. The minimum atomic E-state index is -5.80. The molecule has 2 fully saturated rings. The summed E-state index contributed by atoms with van der Waals surface area (Å²) in [4.78, 5) is 123. The van der Waals surface area contributed by atoms with Crippen LogP contribution in [0.25, 0.3) is 22.3 Å². The number of nitrogen functional groups attached to an aromatic ring is 2. The number of phosphoric ester groups is 2. The lowest BCUT2D eigenvalue weighted by atomic mass is 10.1. The Hall–Kier alpha value is -5.66. The first kappa shape index (κ1) is 63.9. The summed E-state index contributed by atoms with van der Waals surface area (Å²) in [5.41, 5.74) is 13.1. The SMILES string of the molecule is CNc1ccccc1C(=O)O[C@@H]1[C@H](O)[C@@H](COP(=O)(O)OP(=O)(O)OP(=O)(O)O)O[C@H]1n1cnc2c(N)ncnc21.CNc1ccccc1C(=O)O[C@H]1[C@@H](O)[C@H](n2cnc3c(N)ncnc32)O[C@@H]1COP(=O)(O)OP(=O)(O)OP(=O)(O)O. The number of hydrogen-bond acceptors (Lipinski definition) is 30. The number of anilines is 4. The van der Waals surface area contributed by atoms with Gasteiger partial charge in [0, 0.05) is 25.5 Å². The van der Waals surface area contributed by atoms with E-state index in [0.717, 1.165) is 12.7 Å². The van der Waals surface area contributed by atoms with Crippen LogP contribution >= 0.6 is 46.9 Å². The Balaban J connectivity index is 0.000000236. The van der Waals surface area contributed by atoms with E-state index in [-0.39, 0.29) is 45.1 Å². The maximum Gasteiger partial charge on any atom is 0.490 e. The molecule has 0 amide bonds. The molecular formula is C36H46N12O28P6. The van der Waals surface area contributed by atoms with Gasteiger partial charge in [0.1, 0.15) is 48.1 Å². The average Bonchev–Trinajstić information content (AvgIpc) is 4.38. The zero-order chi connectivity index (χ0) is 60.3. The Morgan fingerprint density at radius 1 is 0.549 bits per heavy atom. The van der Waals surface area contributed by atoms with Crippen molar-refractivity contribution in [3.63, 3.8) is 0 Å². The molecule has 2 aliphatic heterocycles. The molecule has 0 bridgehead atoms. The van der Waals surface area contributed by atoms with E-state index in [4.69, 9.17) is 50.0 Å². The predicted molar refractivity (Wildman–Crippen MR) is 269 cm³/mol. The van der Waals surface area contributed by atoms with Gasteiger partial charge in [-0.2, -0.15) is 17.2 Å². The van der Waals surface area contributed by atoms with E-state index in [1.165, 1.54) is 33.9 Å². The molecule has 4 aromatic heterocycles. The third-order valence-electron chi connectivity index (χ3n) is 10.9. The number of fused-ring (bicyclic) bond motifs is 2. The summed E-state index contributed by atoms with van der Waals surface area (Å²) in [6, 6.07) is 12.5. The number of hydrogen-bond donors (Lipinski definition) is 14. The van der Waals surface area contributed by atoms with Gasteiger partial charge in [-0.3, -0.25) is 18.2 Å². The molecule has 82 heavy (non-hydrogen) atoms. The molecule has 6 heterocycles. The summed E-state index contributed by atoms with van der Waals surface area (Å²) < 4.78 is 118.